The van der Waals surface area contributed by atoms with Crippen LogP contribution >= 0.6 is 0 Å². The second-order valence-corrected chi connectivity index (χ2v) is 6.54. The minimum absolute atomic E-state index is 0.0464. The molecule has 0 saturated carbocycles. The van der Waals surface area contributed by atoms with Crippen LogP contribution in [0.4, 0.5) is 0 Å². The van der Waals surface area contributed by atoms with Crippen molar-refractivity contribution in [1.29, 1.82) is 0 Å². The van der Waals surface area contributed by atoms with Gasteiger partial charge in [0.1, 0.15) is 12.4 Å². The van der Waals surface area contributed by atoms with Crippen LogP contribution in [0, 0.1) is 0 Å². The molecule has 0 amide bonds. The van der Waals surface area contributed by atoms with Crippen molar-refractivity contribution in [3.63, 3.8) is 0 Å². The molecule has 2 heteroatoms. The largest absolute Gasteiger partial charge is 0.489 e. The van der Waals surface area contributed by atoms with Crippen molar-refractivity contribution < 1.29 is 9.84 Å². The van der Waals surface area contributed by atoms with Crippen LogP contribution in [0.3, 0.4) is 0 Å². The van der Waals surface area contributed by atoms with Gasteiger partial charge in [-0.1, -0.05) is 72.8 Å². The molecule has 0 aliphatic heterocycles. The molecular weight excluding hydrogens is 332 g/mol. The molecule has 0 aliphatic rings. The minimum Gasteiger partial charge on any atom is -0.489 e. The van der Waals surface area contributed by atoms with E-state index < -0.39 is 0 Å². The van der Waals surface area contributed by atoms with E-state index in [0.717, 1.165) is 35.3 Å². The van der Waals surface area contributed by atoms with E-state index in [2.05, 4.69) is 55.5 Å². The number of rotatable bonds is 8. The lowest BCUT2D eigenvalue weighted by Crippen LogP contribution is -1.99. The van der Waals surface area contributed by atoms with Crippen LogP contribution in [0.5, 0.6) is 5.75 Å². The molecule has 0 bridgehead atoms. The highest BCUT2D eigenvalue weighted by atomic mass is 16.5. The maximum absolute atomic E-state index is 9.70. The van der Waals surface area contributed by atoms with Crippen LogP contribution in [0.2, 0.25) is 0 Å². The highest BCUT2D eigenvalue weighted by Crippen LogP contribution is 2.25. The van der Waals surface area contributed by atoms with Crippen molar-refractivity contribution in [2.24, 2.45) is 0 Å². The number of hydrogen-bond acceptors (Lipinski definition) is 2. The number of hydrogen-bond donors (Lipinski definition) is 1. The Morgan fingerprint density at radius 2 is 1.59 bits per heavy atom. The Kier molecular flexibility index (Phi) is 6.84. The van der Waals surface area contributed by atoms with Crippen molar-refractivity contribution >= 4 is 5.57 Å². The van der Waals surface area contributed by atoms with Gasteiger partial charge in [0.2, 0.25) is 0 Å². The van der Waals surface area contributed by atoms with Crippen LogP contribution in [0.25, 0.3) is 5.57 Å². The lowest BCUT2D eigenvalue weighted by Gasteiger charge is -2.13. The summed E-state index contributed by atoms with van der Waals surface area (Å²) in [5.41, 5.74) is 5.81. The fraction of sp³-hybridized carbons (Fsp3) is 0.200. The van der Waals surface area contributed by atoms with Crippen molar-refractivity contribution in [1.82, 2.24) is 0 Å². The second kappa shape index (κ2) is 9.75. The fourth-order valence-corrected chi connectivity index (χ4v) is 3.20. The number of aliphatic hydroxyl groups is 1. The average molecular weight is 358 g/mol. The highest BCUT2D eigenvalue weighted by Gasteiger charge is 2.07. The SMILES string of the molecule is C/C=C(\CCc1cc(OCc2ccccc2)ccc1CO)c1ccccc1. The molecule has 3 aromatic carbocycles. The normalized spacial score (nSPS) is 11.4. The summed E-state index contributed by atoms with van der Waals surface area (Å²) in [6.45, 7) is 2.67. The second-order valence-electron chi connectivity index (χ2n) is 6.54. The van der Waals surface area contributed by atoms with E-state index in [1.54, 1.807) is 0 Å². The Hall–Kier alpha value is -2.84. The number of allylic oxidation sites excluding steroid dienone is 2. The molecule has 0 saturated heterocycles. The van der Waals surface area contributed by atoms with Crippen molar-refractivity contribution in [2.45, 2.75) is 33.0 Å². The van der Waals surface area contributed by atoms with Gasteiger partial charge in [-0.3, -0.25) is 0 Å². The van der Waals surface area contributed by atoms with Crippen LogP contribution in [0.1, 0.15) is 35.6 Å². The van der Waals surface area contributed by atoms with E-state index in [-0.39, 0.29) is 6.61 Å². The molecule has 0 aliphatic carbocycles. The third-order valence-electron chi connectivity index (χ3n) is 4.75. The zero-order chi connectivity index (χ0) is 18.9. The average Bonchev–Trinajstić information content (AvgIpc) is 2.74. The van der Waals surface area contributed by atoms with Crippen LogP contribution in [-0.2, 0) is 19.6 Å². The quantitative estimate of drug-likeness (QED) is 0.552. The Labute approximate surface area is 161 Å². The first-order valence-corrected chi connectivity index (χ1v) is 9.40. The van der Waals surface area contributed by atoms with Gasteiger partial charge in [-0.2, -0.15) is 0 Å². The van der Waals surface area contributed by atoms with Gasteiger partial charge in [0.05, 0.1) is 6.61 Å². The van der Waals surface area contributed by atoms with E-state index in [0.29, 0.717) is 6.61 Å². The summed E-state index contributed by atoms with van der Waals surface area (Å²) in [7, 11) is 0. The van der Waals surface area contributed by atoms with Gasteiger partial charge in [-0.15, -0.1) is 0 Å². The first-order chi connectivity index (χ1) is 13.3. The molecule has 27 heavy (non-hydrogen) atoms. The Bertz CT molecular complexity index is 867. The zero-order valence-electron chi connectivity index (χ0n) is 15.8. The Balaban J connectivity index is 1.70. The van der Waals surface area contributed by atoms with Crippen molar-refractivity contribution in [2.75, 3.05) is 0 Å². The predicted octanol–water partition coefficient (Wildman–Crippen LogP) is 5.79. The molecule has 3 rings (SSSR count). The molecule has 1 N–H and O–H groups in total. The standard InChI is InChI=1S/C25H26O2/c1-2-21(22-11-7-4-8-12-22)13-14-23-17-25(16-15-24(23)18-26)27-19-20-9-5-3-6-10-20/h2-12,15-17,26H,13-14,18-19H2,1H3/b21-2+. The molecule has 2 nitrogen and oxygen atoms in total. The summed E-state index contributed by atoms with van der Waals surface area (Å²) in [4.78, 5) is 0. The van der Waals surface area contributed by atoms with Crippen LogP contribution in [0.15, 0.2) is 84.9 Å². The van der Waals surface area contributed by atoms with Gasteiger partial charge in [-0.05, 0) is 59.7 Å². The molecule has 3 aromatic rings. The van der Waals surface area contributed by atoms with E-state index in [1.807, 2.05) is 36.4 Å². The van der Waals surface area contributed by atoms with Crippen molar-refractivity contribution in [3.8, 4) is 5.75 Å². The summed E-state index contributed by atoms with van der Waals surface area (Å²) in [6.07, 6.45) is 3.96. The smallest absolute Gasteiger partial charge is 0.120 e. The molecule has 0 unspecified atom stereocenters. The van der Waals surface area contributed by atoms with Crippen molar-refractivity contribution in [3.05, 3.63) is 107 Å². The molecule has 0 radical (unpaired) electrons. The van der Waals surface area contributed by atoms with E-state index in [1.165, 1.54) is 11.1 Å². The van der Waals surface area contributed by atoms with Gasteiger partial charge >= 0.3 is 0 Å². The summed E-state index contributed by atoms with van der Waals surface area (Å²) in [6, 6.07) is 26.6. The topological polar surface area (TPSA) is 29.5 Å². The monoisotopic (exact) mass is 358 g/mol. The lowest BCUT2D eigenvalue weighted by molar-refractivity contribution is 0.279. The molecular formula is C25H26O2. The first-order valence-electron chi connectivity index (χ1n) is 9.40. The molecule has 0 heterocycles. The highest BCUT2D eigenvalue weighted by molar-refractivity contribution is 5.65. The maximum Gasteiger partial charge on any atom is 0.120 e. The van der Waals surface area contributed by atoms with Gasteiger partial charge in [0.25, 0.3) is 0 Å². The molecule has 0 fully saturated rings. The molecule has 0 spiro atoms. The molecule has 0 atom stereocenters. The first kappa shape index (κ1) is 18.9. The Morgan fingerprint density at radius 3 is 2.26 bits per heavy atom. The summed E-state index contributed by atoms with van der Waals surface area (Å²) >= 11 is 0. The van der Waals surface area contributed by atoms with Gasteiger partial charge < -0.3 is 9.84 Å². The fourth-order valence-electron chi connectivity index (χ4n) is 3.20. The van der Waals surface area contributed by atoms with Crippen LogP contribution in [-0.4, -0.2) is 5.11 Å². The minimum atomic E-state index is 0.0464. The number of aliphatic hydroxyl groups excluding tert-OH is 1. The Morgan fingerprint density at radius 1 is 0.889 bits per heavy atom. The summed E-state index contributed by atoms with van der Waals surface area (Å²) in [5, 5.41) is 9.70. The van der Waals surface area contributed by atoms with Gasteiger partial charge in [0.15, 0.2) is 0 Å². The molecule has 0 aromatic heterocycles. The number of benzene rings is 3. The third kappa shape index (κ3) is 5.32. The zero-order valence-corrected chi connectivity index (χ0v) is 15.8. The van der Waals surface area contributed by atoms with Crippen LogP contribution < -0.4 is 4.74 Å². The maximum atomic E-state index is 9.70. The van der Waals surface area contributed by atoms with E-state index in [4.69, 9.17) is 4.74 Å². The lowest BCUT2D eigenvalue weighted by atomic mass is 9.96. The van der Waals surface area contributed by atoms with E-state index >= 15 is 0 Å². The molecule has 138 valence electrons. The van der Waals surface area contributed by atoms with Gasteiger partial charge in [0, 0.05) is 0 Å². The van der Waals surface area contributed by atoms with Gasteiger partial charge in [-0.25, -0.2) is 0 Å². The summed E-state index contributed by atoms with van der Waals surface area (Å²) in [5.74, 6) is 0.841. The number of ether oxygens (including phenoxy) is 1. The third-order valence-corrected chi connectivity index (χ3v) is 4.75. The predicted molar refractivity (Wildman–Crippen MR) is 112 cm³/mol. The number of aryl methyl sites for hydroxylation is 1. The van der Waals surface area contributed by atoms with E-state index in [9.17, 15) is 5.11 Å². The summed E-state index contributed by atoms with van der Waals surface area (Å²) < 4.78 is 5.95.